The molecule has 31 heavy (non-hydrogen) atoms. The van der Waals surface area contributed by atoms with Gasteiger partial charge in [-0.15, -0.1) is 0 Å². The first-order valence-electron chi connectivity index (χ1n) is 10.1. The molecule has 4 rings (SSSR count). The number of methoxy groups -OCH3 is 1. The zero-order valence-corrected chi connectivity index (χ0v) is 17.9. The van der Waals surface area contributed by atoms with Crippen molar-refractivity contribution in [3.8, 4) is 5.75 Å². The van der Waals surface area contributed by atoms with Crippen LogP contribution in [0.2, 0.25) is 0 Å². The number of benzene rings is 1. The summed E-state index contributed by atoms with van der Waals surface area (Å²) in [6.07, 6.45) is 2.60. The molecule has 1 amide bonds. The van der Waals surface area contributed by atoms with Crippen LogP contribution in [0.4, 0.5) is 11.4 Å². The van der Waals surface area contributed by atoms with Gasteiger partial charge in [-0.05, 0) is 42.9 Å². The van der Waals surface area contributed by atoms with Crippen LogP contribution in [0.3, 0.4) is 0 Å². The third-order valence-electron chi connectivity index (χ3n) is 5.12. The van der Waals surface area contributed by atoms with E-state index in [9.17, 15) is 14.9 Å². The molecule has 1 aliphatic carbocycles. The molecule has 9 nitrogen and oxygen atoms in total. The largest absolute Gasteiger partial charge is 0.496 e. The lowest BCUT2D eigenvalue weighted by atomic mass is 9.89. The number of rotatable bonds is 6. The Hall–Kier alpha value is -3.49. The van der Waals surface area contributed by atoms with E-state index in [2.05, 4.69) is 36.2 Å². The van der Waals surface area contributed by atoms with Gasteiger partial charge in [-0.25, -0.2) is 4.98 Å². The molecule has 3 aromatic rings. The molecule has 0 saturated heterocycles. The average Bonchev–Trinajstić information content (AvgIpc) is 3.49. The summed E-state index contributed by atoms with van der Waals surface area (Å²) < 4.78 is 10.5. The number of nitrogens with one attached hydrogen (secondary N) is 1. The topological polar surface area (TPSA) is 120 Å². The smallest absolute Gasteiger partial charge is 0.296 e. The highest BCUT2D eigenvalue weighted by Gasteiger charge is 2.30. The third-order valence-corrected chi connectivity index (χ3v) is 5.12. The highest BCUT2D eigenvalue weighted by molar-refractivity contribution is 6.13. The van der Waals surface area contributed by atoms with E-state index in [4.69, 9.17) is 9.26 Å². The molecular weight excluding hydrogens is 400 g/mol. The Balaban J connectivity index is 1.78. The number of carbonyl (C=O) groups is 1. The zero-order valence-electron chi connectivity index (χ0n) is 17.9. The maximum absolute atomic E-state index is 13.3. The predicted molar refractivity (Wildman–Crippen MR) is 115 cm³/mol. The molecule has 1 N–H and O–H groups in total. The van der Waals surface area contributed by atoms with Crippen molar-refractivity contribution in [1.82, 2.24) is 10.1 Å². The Kier molecular flexibility index (Phi) is 5.12. The van der Waals surface area contributed by atoms with Crippen LogP contribution >= 0.6 is 0 Å². The number of fused-ring (bicyclic) bond motifs is 1. The van der Waals surface area contributed by atoms with Gasteiger partial charge < -0.3 is 14.6 Å². The summed E-state index contributed by atoms with van der Waals surface area (Å²) in [6, 6.07) is 6.05. The molecule has 0 aliphatic heterocycles. The average molecular weight is 424 g/mol. The van der Waals surface area contributed by atoms with Crippen LogP contribution in [-0.4, -0.2) is 28.1 Å². The Bertz CT molecular complexity index is 1170. The SMILES string of the molecule is COc1ccc(NC(=O)c2cc(C3CC3)nc3onc(CC(C)(C)C)c23)c([N+](=O)[O-])c1. The van der Waals surface area contributed by atoms with Gasteiger partial charge >= 0.3 is 0 Å². The van der Waals surface area contributed by atoms with Crippen LogP contribution < -0.4 is 10.1 Å². The normalized spacial score (nSPS) is 13.9. The second-order valence-electron chi connectivity index (χ2n) is 9.01. The Morgan fingerprint density at radius 2 is 2.06 bits per heavy atom. The maximum atomic E-state index is 13.3. The molecule has 0 unspecified atom stereocenters. The van der Waals surface area contributed by atoms with Crippen LogP contribution in [0.1, 0.15) is 61.3 Å². The number of hydrogen-bond donors (Lipinski definition) is 1. The van der Waals surface area contributed by atoms with Gasteiger partial charge in [-0.1, -0.05) is 25.9 Å². The van der Waals surface area contributed by atoms with E-state index in [0.29, 0.717) is 40.4 Å². The maximum Gasteiger partial charge on any atom is 0.296 e. The van der Waals surface area contributed by atoms with Crippen molar-refractivity contribution < 1.29 is 19.0 Å². The molecular formula is C22H24N4O5. The first-order valence-corrected chi connectivity index (χ1v) is 10.1. The van der Waals surface area contributed by atoms with Gasteiger partial charge in [0.05, 0.1) is 34.7 Å². The standard InChI is InChI=1S/C22H24N4O5/c1-22(2,3)11-17-19-14(10-16(12-5-6-12)24-21(19)31-25-17)20(27)23-15-8-7-13(30-4)9-18(15)26(28)29/h7-10,12H,5-6,11H2,1-4H3,(H,23,27). The number of aromatic nitrogens is 2. The number of pyridine rings is 1. The van der Waals surface area contributed by atoms with E-state index in [1.54, 1.807) is 12.1 Å². The number of amides is 1. The van der Waals surface area contributed by atoms with Crippen LogP contribution in [0, 0.1) is 15.5 Å². The van der Waals surface area contributed by atoms with E-state index < -0.39 is 10.8 Å². The molecule has 9 heteroatoms. The fraction of sp³-hybridized carbons (Fsp3) is 0.409. The number of anilines is 1. The molecule has 1 saturated carbocycles. The van der Waals surface area contributed by atoms with E-state index in [1.807, 2.05) is 0 Å². The van der Waals surface area contributed by atoms with Crippen molar-refractivity contribution in [3.05, 3.63) is 51.3 Å². The summed E-state index contributed by atoms with van der Waals surface area (Å²) in [4.78, 5) is 28.8. The first kappa shape index (κ1) is 20.8. The van der Waals surface area contributed by atoms with Crippen LogP contribution in [0.5, 0.6) is 5.75 Å². The van der Waals surface area contributed by atoms with Gasteiger partial charge in [0.1, 0.15) is 11.4 Å². The lowest BCUT2D eigenvalue weighted by Gasteiger charge is -2.16. The van der Waals surface area contributed by atoms with E-state index in [0.717, 1.165) is 18.5 Å². The van der Waals surface area contributed by atoms with Gasteiger partial charge in [0.25, 0.3) is 17.3 Å². The summed E-state index contributed by atoms with van der Waals surface area (Å²) in [5.74, 6) is 0.155. The minimum Gasteiger partial charge on any atom is -0.496 e. The molecule has 2 heterocycles. The number of carbonyl (C=O) groups excluding carboxylic acids is 1. The molecule has 0 radical (unpaired) electrons. The fourth-order valence-corrected chi connectivity index (χ4v) is 3.50. The summed E-state index contributed by atoms with van der Waals surface area (Å²) in [5.41, 5.74) is 1.85. The van der Waals surface area contributed by atoms with Crippen molar-refractivity contribution in [3.63, 3.8) is 0 Å². The highest BCUT2D eigenvalue weighted by atomic mass is 16.6. The molecule has 162 valence electrons. The zero-order chi connectivity index (χ0) is 22.3. The highest BCUT2D eigenvalue weighted by Crippen LogP contribution is 2.41. The van der Waals surface area contributed by atoms with Crippen molar-refractivity contribution in [2.75, 3.05) is 12.4 Å². The number of nitro benzene ring substituents is 1. The monoisotopic (exact) mass is 424 g/mol. The van der Waals surface area contributed by atoms with E-state index in [-0.39, 0.29) is 16.8 Å². The predicted octanol–water partition coefficient (Wildman–Crippen LogP) is 4.86. The molecule has 0 spiro atoms. The summed E-state index contributed by atoms with van der Waals surface area (Å²) >= 11 is 0. The summed E-state index contributed by atoms with van der Waals surface area (Å²) in [5, 5.41) is 18.9. The molecule has 0 atom stereocenters. The summed E-state index contributed by atoms with van der Waals surface area (Å²) in [6.45, 7) is 6.21. The first-order chi connectivity index (χ1) is 14.7. The van der Waals surface area contributed by atoms with Gasteiger partial charge in [-0.3, -0.25) is 14.9 Å². The third kappa shape index (κ3) is 4.35. The second-order valence-corrected chi connectivity index (χ2v) is 9.01. The van der Waals surface area contributed by atoms with Crippen molar-refractivity contribution in [2.24, 2.45) is 5.41 Å². The molecule has 2 aromatic heterocycles. The number of nitro groups is 1. The van der Waals surface area contributed by atoms with Gasteiger partial charge in [0, 0.05) is 11.6 Å². The summed E-state index contributed by atoms with van der Waals surface area (Å²) in [7, 11) is 1.42. The lowest BCUT2D eigenvalue weighted by molar-refractivity contribution is -0.384. The van der Waals surface area contributed by atoms with Gasteiger partial charge in [-0.2, -0.15) is 0 Å². The molecule has 1 fully saturated rings. The number of hydrogen-bond acceptors (Lipinski definition) is 7. The van der Waals surface area contributed by atoms with Crippen LogP contribution in [0.15, 0.2) is 28.8 Å². The van der Waals surface area contributed by atoms with Crippen LogP contribution in [0.25, 0.3) is 11.1 Å². The minimum atomic E-state index is -0.555. The number of ether oxygens (including phenoxy) is 1. The van der Waals surface area contributed by atoms with Crippen molar-refractivity contribution >= 4 is 28.4 Å². The van der Waals surface area contributed by atoms with Crippen LogP contribution in [-0.2, 0) is 6.42 Å². The second kappa shape index (κ2) is 7.64. The molecule has 1 aromatic carbocycles. The van der Waals surface area contributed by atoms with Crippen molar-refractivity contribution in [2.45, 2.75) is 46.0 Å². The lowest BCUT2D eigenvalue weighted by Crippen LogP contribution is -2.16. The Morgan fingerprint density at radius 1 is 1.32 bits per heavy atom. The van der Waals surface area contributed by atoms with Gasteiger partial charge in [0.15, 0.2) is 0 Å². The Morgan fingerprint density at radius 3 is 2.68 bits per heavy atom. The molecule has 0 bridgehead atoms. The Labute approximate surface area is 178 Å². The van der Waals surface area contributed by atoms with E-state index in [1.165, 1.54) is 19.2 Å². The fourth-order valence-electron chi connectivity index (χ4n) is 3.50. The number of nitrogens with zero attached hydrogens (tertiary/aromatic N) is 3. The van der Waals surface area contributed by atoms with E-state index >= 15 is 0 Å². The van der Waals surface area contributed by atoms with Gasteiger partial charge in [0.2, 0.25) is 0 Å². The quantitative estimate of drug-likeness (QED) is 0.443. The minimum absolute atomic E-state index is 0.0819. The van der Waals surface area contributed by atoms with Crippen molar-refractivity contribution in [1.29, 1.82) is 0 Å². The molecule has 1 aliphatic rings.